The van der Waals surface area contributed by atoms with Crippen LogP contribution >= 0.6 is 15.9 Å². The molecule has 1 N–H and O–H groups in total. The van der Waals surface area contributed by atoms with Crippen molar-refractivity contribution in [1.82, 2.24) is 0 Å². The minimum Gasteiger partial charge on any atom is -0.388 e. The van der Waals surface area contributed by atoms with Crippen molar-refractivity contribution in [2.24, 2.45) is 0 Å². The molecule has 1 heterocycles. The Morgan fingerprint density at radius 2 is 2.38 bits per heavy atom. The summed E-state index contributed by atoms with van der Waals surface area (Å²) in [6, 6.07) is 7.86. The number of ether oxygens (including phenoxy) is 1. The molecule has 0 aromatic heterocycles. The summed E-state index contributed by atoms with van der Waals surface area (Å²) in [5, 5.41) is 10.0. The van der Waals surface area contributed by atoms with Gasteiger partial charge >= 0.3 is 0 Å². The molecule has 1 aromatic carbocycles. The maximum atomic E-state index is 10.0. The van der Waals surface area contributed by atoms with Crippen LogP contribution in [0, 0.1) is 0 Å². The van der Waals surface area contributed by atoms with Crippen LogP contribution in [-0.4, -0.2) is 17.8 Å². The highest BCUT2D eigenvalue weighted by molar-refractivity contribution is 9.10. The standard InChI is InChI=1S/C13H17BrO2/c14-11-4-1-3-10(9-11)13(15)7-6-12-5-2-8-16-12/h1,3-4,9,12-13,15H,2,5-8H2. The number of hydrogen-bond acceptors (Lipinski definition) is 2. The summed E-state index contributed by atoms with van der Waals surface area (Å²) >= 11 is 3.41. The van der Waals surface area contributed by atoms with Gasteiger partial charge in [-0.25, -0.2) is 0 Å². The van der Waals surface area contributed by atoms with Crippen molar-refractivity contribution in [1.29, 1.82) is 0 Å². The van der Waals surface area contributed by atoms with E-state index in [1.807, 2.05) is 24.3 Å². The van der Waals surface area contributed by atoms with Gasteiger partial charge in [0.05, 0.1) is 12.2 Å². The van der Waals surface area contributed by atoms with Crippen LogP contribution in [-0.2, 0) is 4.74 Å². The van der Waals surface area contributed by atoms with E-state index >= 15 is 0 Å². The third-order valence-electron chi connectivity index (χ3n) is 3.02. The van der Waals surface area contributed by atoms with Gasteiger partial charge < -0.3 is 9.84 Å². The first kappa shape index (κ1) is 12.1. The summed E-state index contributed by atoms with van der Waals surface area (Å²) in [6.45, 7) is 0.887. The van der Waals surface area contributed by atoms with E-state index in [0.717, 1.165) is 42.3 Å². The minimum atomic E-state index is -0.373. The Bertz CT molecular complexity index is 334. The van der Waals surface area contributed by atoms with Gasteiger partial charge in [-0.05, 0) is 43.4 Å². The van der Waals surface area contributed by atoms with Gasteiger partial charge in [0, 0.05) is 11.1 Å². The van der Waals surface area contributed by atoms with Gasteiger partial charge in [0.15, 0.2) is 0 Å². The van der Waals surface area contributed by atoms with Crippen molar-refractivity contribution >= 4 is 15.9 Å². The van der Waals surface area contributed by atoms with Gasteiger partial charge in [-0.2, -0.15) is 0 Å². The monoisotopic (exact) mass is 284 g/mol. The first-order valence-corrected chi connectivity index (χ1v) is 6.60. The van der Waals surface area contributed by atoms with Gasteiger partial charge in [-0.15, -0.1) is 0 Å². The quantitative estimate of drug-likeness (QED) is 0.918. The molecule has 0 aliphatic carbocycles. The Kier molecular flexibility index (Phi) is 4.38. The predicted octanol–water partition coefficient (Wildman–Crippen LogP) is 3.44. The summed E-state index contributed by atoms with van der Waals surface area (Å²) in [4.78, 5) is 0. The van der Waals surface area contributed by atoms with Gasteiger partial charge in [0.2, 0.25) is 0 Å². The molecule has 2 atom stereocenters. The van der Waals surface area contributed by atoms with E-state index in [0.29, 0.717) is 6.10 Å². The zero-order valence-corrected chi connectivity index (χ0v) is 10.8. The normalized spacial score (nSPS) is 22.2. The summed E-state index contributed by atoms with van der Waals surface area (Å²) in [6.07, 6.45) is 4.03. The van der Waals surface area contributed by atoms with Crippen molar-refractivity contribution in [3.8, 4) is 0 Å². The fraction of sp³-hybridized carbons (Fsp3) is 0.538. The molecular formula is C13H17BrO2. The Morgan fingerprint density at radius 1 is 1.50 bits per heavy atom. The number of benzene rings is 1. The zero-order valence-electron chi connectivity index (χ0n) is 9.23. The highest BCUT2D eigenvalue weighted by Gasteiger charge is 2.17. The van der Waals surface area contributed by atoms with E-state index in [2.05, 4.69) is 15.9 Å². The van der Waals surface area contributed by atoms with Crippen LogP contribution in [0.15, 0.2) is 28.7 Å². The Hall–Kier alpha value is -0.380. The molecule has 1 saturated heterocycles. The Balaban J connectivity index is 1.85. The van der Waals surface area contributed by atoms with E-state index < -0.39 is 0 Å². The van der Waals surface area contributed by atoms with Crippen molar-refractivity contribution in [2.45, 2.75) is 37.9 Å². The number of halogens is 1. The molecule has 0 amide bonds. The van der Waals surface area contributed by atoms with Crippen molar-refractivity contribution in [3.63, 3.8) is 0 Å². The number of hydrogen-bond donors (Lipinski definition) is 1. The molecule has 0 bridgehead atoms. The smallest absolute Gasteiger partial charge is 0.0791 e. The lowest BCUT2D eigenvalue weighted by molar-refractivity contribution is 0.0812. The van der Waals surface area contributed by atoms with Crippen LogP contribution < -0.4 is 0 Å². The van der Waals surface area contributed by atoms with Crippen LogP contribution in [0.3, 0.4) is 0 Å². The van der Waals surface area contributed by atoms with Crippen molar-refractivity contribution in [2.75, 3.05) is 6.61 Å². The Morgan fingerprint density at radius 3 is 3.06 bits per heavy atom. The minimum absolute atomic E-state index is 0.363. The molecule has 1 fully saturated rings. The molecule has 1 aromatic rings. The first-order chi connectivity index (χ1) is 7.75. The first-order valence-electron chi connectivity index (χ1n) is 5.81. The van der Waals surface area contributed by atoms with Crippen molar-refractivity contribution in [3.05, 3.63) is 34.3 Å². The second kappa shape index (κ2) is 5.80. The molecule has 16 heavy (non-hydrogen) atoms. The molecule has 0 radical (unpaired) electrons. The average molecular weight is 285 g/mol. The molecule has 1 aliphatic heterocycles. The molecule has 2 rings (SSSR count). The Labute approximate surface area is 105 Å². The van der Waals surface area contributed by atoms with Gasteiger partial charge in [0.25, 0.3) is 0 Å². The highest BCUT2D eigenvalue weighted by atomic mass is 79.9. The van der Waals surface area contributed by atoms with Crippen molar-refractivity contribution < 1.29 is 9.84 Å². The molecule has 3 heteroatoms. The van der Waals surface area contributed by atoms with Gasteiger partial charge in [-0.1, -0.05) is 28.1 Å². The maximum absolute atomic E-state index is 10.0. The molecule has 2 nitrogen and oxygen atoms in total. The van der Waals surface area contributed by atoms with Crippen LogP contribution in [0.2, 0.25) is 0 Å². The predicted molar refractivity (Wildman–Crippen MR) is 67.3 cm³/mol. The second-order valence-electron chi connectivity index (χ2n) is 4.28. The third kappa shape index (κ3) is 3.30. The third-order valence-corrected chi connectivity index (χ3v) is 3.51. The van der Waals surface area contributed by atoms with Gasteiger partial charge in [0.1, 0.15) is 0 Å². The van der Waals surface area contributed by atoms with Gasteiger partial charge in [-0.3, -0.25) is 0 Å². The molecule has 0 spiro atoms. The molecule has 2 unspecified atom stereocenters. The molecule has 1 aliphatic rings. The molecule has 0 saturated carbocycles. The molecule has 88 valence electrons. The highest BCUT2D eigenvalue weighted by Crippen LogP contribution is 2.25. The van der Waals surface area contributed by atoms with E-state index in [9.17, 15) is 5.11 Å². The lowest BCUT2D eigenvalue weighted by atomic mass is 10.0. The second-order valence-corrected chi connectivity index (χ2v) is 5.20. The number of aliphatic hydroxyl groups is 1. The maximum Gasteiger partial charge on any atom is 0.0791 e. The SMILES string of the molecule is OC(CCC1CCCO1)c1cccc(Br)c1. The van der Waals surface area contributed by atoms with E-state index in [1.54, 1.807) is 0 Å². The lowest BCUT2D eigenvalue weighted by Gasteiger charge is -2.14. The summed E-state index contributed by atoms with van der Waals surface area (Å²) in [5.74, 6) is 0. The zero-order chi connectivity index (χ0) is 11.4. The van der Waals surface area contributed by atoms with E-state index in [4.69, 9.17) is 4.74 Å². The fourth-order valence-electron chi connectivity index (χ4n) is 2.10. The number of aliphatic hydroxyl groups excluding tert-OH is 1. The van der Waals surface area contributed by atoms with Crippen LogP contribution in [0.5, 0.6) is 0 Å². The average Bonchev–Trinajstić information content (AvgIpc) is 2.78. The largest absolute Gasteiger partial charge is 0.388 e. The lowest BCUT2D eigenvalue weighted by Crippen LogP contribution is -2.07. The summed E-state index contributed by atoms with van der Waals surface area (Å²) < 4.78 is 6.56. The summed E-state index contributed by atoms with van der Waals surface area (Å²) in [7, 11) is 0. The van der Waals surface area contributed by atoms with Crippen LogP contribution in [0.25, 0.3) is 0 Å². The topological polar surface area (TPSA) is 29.5 Å². The molecular weight excluding hydrogens is 268 g/mol. The van der Waals surface area contributed by atoms with Crippen LogP contribution in [0.1, 0.15) is 37.4 Å². The van der Waals surface area contributed by atoms with Crippen LogP contribution in [0.4, 0.5) is 0 Å². The van der Waals surface area contributed by atoms with E-state index in [1.165, 1.54) is 0 Å². The fourth-order valence-corrected chi connectivity index (χ4v) is 2.51. The van der Waals surface area contributed by atoms with E-state index in [-0.39, 0.29) is 6.10 Å². The summed E-state index contributed by atoms with van der Waals surface area (Å²) in [5.41, 5.74) is 0.979. The number of rotatable bonds is 4.